The monoisotopic (exact) mass is 476 g/mol. The van der Waals surface area contributed by atoms with Gasteiger partial charge in [-0.05, 0) is 62.9 Å². The molecule has 1 aliphatic rings. The molecule has 0 fully saturated rings. The van der Waals surface area contributed by atoms with Crippen molar-refractivity contribution in [1.29, 1.82) is 0 Å². The molecule has 7 nitrogen and oxygen atoms in total. The molecule has 1 atom stereocenters. The van der Waals surface area contributed by atoms with Crippen LogP contribution in [-0.2, 0) is 16.2 Å². The first-order valence-corrected chi connectivity index (χ1v) is 12.1. The van der Waals surface area contributed by atoms with E-state index in [4.69, 9.17) is 10.6 Å². The SMILES string of the molecule is CC(C)=C1ON=C(CC(C)CN(CCCN)C(=O)c2ccc(C)cc2)N(Cc2ccccc2)C1=O. The Morgan fingerprint density at radius 1 is 1.11 bits per heavy atom. The van der Waals surface area contributed by atoms with Crippen molar-refractivity contribution in [3.8, 4) is 0 Å². The van der Waals surface area contributed by atoms with Crippen LogP contribution in [0.25, 0.3) is 0 Å². The number of oxime groups is 1. The third kappa shape index (κ3) is 7.02. The lowest BCUT2D eigenvalue weighted by atomic mass is 10.0. The lowest BCUT2D eigenvalue weighted by Gasteiger charge is -2.31. The van der Waals surface area contributed by atoms with Crippen LogP contribution in [0.2, 0.25) is 0 Å². The van der Waals surface area contributed by atoms with E-state index in [9.17, 15) is 9.59 Å². The van der Waals surface area contributed by atoms with Gasteiger partial charge in [-0.2, -0.15) is 0 Å². The summed E-state index contributed by atoms with van der Waals surface area (Å²) in [7, 11) is 0. The Labute approximate surface area is 208 Å². The quantitative estimate of drug-likeness (QED) is 0.512. The number of aryl methyl sites for hydroxylation is 1. The van der Waals surface area contributed by atoms with Crippen LogP contribution in [-0.4, -0.2) is 47.1 Å². The third-order valence-electron chi connectivity index (χ3n) is 5.91. The molecule has 1 heterocycles. The van der Waals surface area contributed by atoms with E-state index in [2.05, 4.69) is 12.1 Å². The number of nitrogens with zero attached hydrogens (tertiary/aromatic N) is 3. The number of carbonyl (C=O) groups is 2. The first-order chi connectivity index (χ1) is 16.8. The highest BCUT2D eigenvalue weighted by molar-refractivity contribution is 6.06. The maximum atomic E-state index is 13.2. The summed E-state index contributed by atoms with van der Waals surface area (Å²) in [6.45, 7) is 9.74. The van der Waals surface area contributed by atoms with Crippen LogP contribution in [0.3, 0.4) is 0 Å². The van der Waals surface area contributed by atoms with Crippen molar-refractivity contribution in [3.05, 3.63) is 82.6 Å². The topological polar surface area (TPSA) is 88.2 Å². The highest BCUT2D eigenvalue weighted by Crippen LogP contribution is 2.23. The molecule has 2 aromatic rings. The largest absolute Gasteiger partial charge is 0.349 e. The van der Waals surface area contributed by atoms with E-state index in [1.54, 1.807) is 4.90 Å². The van der Waals surface area contributed by atoms with Crippen molar-refractivity contribution in [2.45, 2.75) is 47.1 Å². The zero-order valence-electron chi connectivity index (χ0n) is 21.2. The predicted octanol–water partition coefficient (Wildman–Crippen LogP) is 4.48. The molecular weight excluding hydrogens is 440 g/mol. The van der Waals surface area contributed by atoms with E-state index in [0.717, 1.165) is 23.1 Å². The molecule has 0 spiro atoms. The van der Waals surface area contributed by atoms with Gasteiger partial charge in [-0.3, -0.25) is 14.5 Å². The van der Waals surface area contributed by atoms with Gasteiger partial charge >= 0.3 is 0 Å². The molecule has 2 amide bonds. The molecule has 2 N–H and O–H groups in total. The van der Waals surface area contributed by atoms with Crippen molar-refractivity contribution < 1.29 is 14.4 Å². The summed E-state index contributed by atoms with van der Waals surface area (Å²) in [4.78, 5) is 35.5. The van der Waals surface area contributed by atoms with Crippen LogP contribution in [0.5, 0.6) is 0 Å². The summed E-state index contributed by atoms with van der Waals surface area (Å²) < 4.78 is 0. The van der Waals surface area contributed by atoms with Crippen LogP contribution in [0, 0.1) is 12.8 Å². The Morgan fingerprint density at radius 2 is 1.80 bits per heavy atom. The van der Waals surface area contributed by atoms with Crippen LogP contribution in [0.15, 0.2) is 71.1 Å². The molecule has 0 aliphatic carbocycles. The Balaban J connectivity index is 1.77. The Bertz CT molecular complexity index is 1070. The Morgan fingerprint density at radius 3 is 2.43 bits per heavy atom. The fraction of sp³-hybridized carbons (Fsp3) is 0.393. The third-order valence-corrected chi connectivity index (χ3v) is 5.91. The summed E-state index contributed by atoms with van der Waals surface area (Å²) in [5, 5.41) is 4.32. The maximum absolute atomic E-state index is 13.2. The van der Waals surface area contributed by atoms with Crippen molar-refractivity contribution >= 4 is 17.6 Å². The number of hydrogen-bond donors (Lipinski definition) is 1. The van der Waals surface area contributed by atoms with E-state index < -0.39 is 0 Å². The van der Waals surface area contributed by atoms with Gasteiger partial charge in [0, 0.05) is 25.1 Å². The zero-order chi connectivity index (χ0) is 25.4. The standard InChI is InChI=1S/C28H36N4O3/c1-20(2)26-28(34)32(19-23-9-6-5-7-10-23)25(30-35-26)17-22(4)18-31(16-8-15-29)27(33)24-13-11-21(3)12-14-24/h5-7,9-14,22H,8,15-19,29H2,1-4H3. The molecule has 1 aliphatic heterocycles. The van der Waals surface area contributed by atoms with Gasteiger partial charge in [-0.25, -0.2) is 0 Å². The summed E-state index contributed by atoms with van der Waals surface area (Å²) >= 11 is 0. The normalized spacial score (nSPS) is 14.3. The summed E-state index contributed by atoms with van der Waals surface area (Å²) in [5.41, 5.74) is 9.29. The van der Waals surface area contributed by atoms with Gasteiger partial charge in [0.25, 0.3) is 11.8 Å². The van der Waals surface area contributed by atoms with Gasteiger partial charge in [-0.1, -0.05) is 60.1 Å². The summed E-state index contributed by atoms with van der Waals surface area (Å²) in [5.74, 6) is 0.663. The first-order valence-electron chi connectivity index (χ1n) is 12.1. The second kappa shape index (κ2) is 12.3. The number of rotatable bonds is 10. The number of hydrogen-bond acceptors (Lipinski definition) is 5. The lowest BCUT2D eigenvalue weighted by Crippen LogP contribution is -2.43. The Hall–Kier alpha value is -3.45. The van der Waals surface area contributed by atoms with Gasteiger partial charge < -0.3 is 15.5 Å². The second-order valence-corrected chi connectivity index (χ2v) is 9.37. The summed E-state index contributed by atoms with van der Waals surface area (Å²) in [6, 6.07) is 17.4. The number of amides is 2. The summed E-state index contributed by atoms with van der Waals surface area (Å²) in [6.07, 6.45) is 1.21. The second-order valence-electron chi connectivity index (χ2n) is 9.37. The van der Waals surface area contributed by atoms with Crippen molar-refractivity contribution in [2.24, 2.45) is 16.8 Å². The maximum Gasteiger partial charge on any atom is 0.298 e. The molecule has 0 radical (unpaired) electrons. The fourth-order valence-corrected chi connectivity index (χ4v) is 4.00. The fourth-order valence-electron chi connectivity index (χ4n) is 4.00. The van der Waals surface area contributed by atoms with Gasteiger partial charge in [0.2, 0.25) is 5.76 Å². The number of amidine groups is 1. The highest BCUT2D eigenvalue weighted by Gasteiger charge is 2.32. The molecule has 7 heteroatoms. The van der Waals surface area contributed by atoms with Gasteiger partial charge in [0.1, 0.15) is 0 Å². The zero-order valence-corrected chi connectivity index (χ0v) is 21.2. The molecule has 1 unspecified atom stereocenters. The molecule has 3 rings (SSSR count). The number of benzene rings is 2. The van der Waals surface area contributed by atoms with E-state index in [0.29, 0.717) is 44.0 Å². The van der Waals surface area contributed by atoms with Gasteiger partial charge in [0.15, 0.2) is 5.84 Å². The minimum absolute atomic E-state index is 0.0174. The van der Waals surface area contributed by atoms with Crippen molar-refractivity contribution in [1.82, 2.24) is 9.80 Å². The molecular formula is C28H36N4O3. The van der Waals surface area contributed by atoms with Crippen molar-refractivity contribution in [3.63, 3.8) is 0 Å². The van der Waals surface area contributed by atoms with Crippen LogP contribution in [0.1, 0.15) is 55.1 Å². The van der Waals surface area contributed by atoms with E-state index in [-0.39, 0.29) is 23.5 Å². The Kier molecular flexibility index (Phi) is 9.20. The average Bonchev–Trinajstić information content (AvgIpc) is 2.84. The lowest BCUT2D eigenvalue weighted by molar-refractivity contribution is -0.129. The predicted molar refractivity (Wildman–Crippen MR) is 138 cm³/mol. The minimum Gasteiger partial charge on any atom is -0.349 e. The first kappa shape index (κ1) is 26.2. The van der Waals surface area contributed by atoms with E-state index in [1.807, 2.05) is 80.3 Å². The van der Waals surface area contributed by atoms with Crippen molar-refractivity contribution in [2.75, 3.05) is 19.6 Å². The molecule has 186 valence electrons. The molecule has 35 heavy (non-hydrogen) atoms. The number of nitrogens with two attached hydrogens (primary N) is 1. The molecule has 0 saturated heterocycles. The minimum atomic E-state index is -0.193. The van der Waals surface area contributed by atoms with Gasteiger partial charge in [0.05, 0.1) is 6.54 Å². The average molecular weight is 477 g/mol. The highest BCUT2D eigenvalue weighted by atomic mass is 16.6. The molecule has 2 aromatic carbocycles. The molecule has 0 aromatic heterocycles. The van der Waals surface area contributed by atoms with Crippen LogP contribution in [0.4, 0.5) is 0 Å². The van der Waals surface area contributed by atoms with E-state index >= 15 is 0 Å². The smallest absolute Gasteiger partial charge is 0.298 e. The van der Waals surface area contributed by atoms with Crippen LogP contribution < -0.4 is 5.73 Å². The number of allylic oxidation sites excluding steroid dienone is 1. The number of carbonyl (C=O) groups excluding carboxylic acids is 2. The van der Waals surface area contributed by atoms with Crippen LogP contribution >= 0.6 is 0 Å². The van der Waals surface area contributed by atoms with E-state index in [1.165, 1.54) is 0 Å². The molecule has 0 saturated carbocycles. The van der Waals surface area contributed by atoms with Gasteiger partial charge in [-0.15, -0.1) is 0 Å². The molecule has 0 bridgehead atoms.